The molecule has 7 heteroatoms. The quantitative estimate of drug-likeness (QED) is 0.542. The summed E-state index contributed by atoms with van der Waals surface area (Å²) in [6.45, 7) is 4.11. The molecule has 1 rings (SSSR count). The zero-order chi connectivity index (χ0) is 15.0. The Morgan fingerprint density at radius 3 is 2.11 bits per heavy atom. The van der Waals surface area contributed by atoms with Crippen LogP contribution in [0.1, 0.15) is 20.8 Å². The molecular weight excluding hydrogens is 256 g/mol. The van der Waals surface area contributed by atoms with Crippen molar-refractivity contribution in [3.8, 4) is 0 Å². The van der Waals surface area contributed by atoms with E-state index in [0.29, 0.717) is 0 Å². The third kappa shape index (κ3) is 1.88. The first-order valence-corrected chi connectivity index (χ1v) is 5.78. The molecule has 1 N–H and O–H groups in total. The number of cyclic esters (lactones) is 1. The second-order valence-corrected chi connectivity index (χ2v) is 4.78. The molecule has 19 heavy (non-hydrogen) atoms. The molecule has 0 aromatic carbocycles. The summed E-state index contributed by atoms with van der Waals surface area (Å²) in [4.78, 5) is 35.5. The van der Waals surface area contributed by atoms with Gasteiger partial charge in [-0.1, -0.05) is 13.8 Å². The van der Waals surface area contributed by atoms with Gasteiger partial charge in [0.1, 0.15) is 0 Å². The fourth-order valence-electron chi connectivity index (χ4n) is 2.30. The molecule has 0 saturated carbocycles. The van der Waals surface area contributed by atoms with Gasteiger partial charge in [0.15, 0.2) is 0 Å². The van der Waals surface area contributed by atoms with E-state index in [1.807, 2.05) is 0 Å². The van der Waals surface area contributed by atoms with Gasteiger partial charge in [-0.25, -0.2) is 9.59 Å². The minimum Gasteiger partial charge on any atom is -0.467 e. The highest BCUT2D eigenvalue weighted by molar-refractivity contribution is 5.96. The second-order valence-electron chi connectivity index (χ2n) is 4.78. The molecule has 4 unspecified atom stereocenters. The van der Waals surface area contributed by atoms with Crippen molar-refractivity contribution >= 4 is 17.9 Å². The van der Waals surface area contributed by atoms with E-state index in [2.05, 4.69) is 9.47 Å². The van der Waals surface area contributed by atoms with Gasteiger partial charge in [0.2, 0.25) is 11.2 Å². The van der Waals surface area contributed by atoms with Gasteiger partial charge < -0.3 is 19.3 Å². The maximum absolute atomic E-state index is 11.9. The van der Waals surface area contributed by atoms with E-state index in [9.17, 15) is 19.5 Å². The van der Waals surface area contributed by atoms with Crippen LogP contribution in [0.15, 0.2) is 0 Å². The number of hydrogen-bond donors (Lipinski definition) is 1. The Bertz CT molecular complexity index is 418. The molecule has 1 saturated heterocycles. The Morgan fingerprint density at radius 2 is 1.68 bits per heavy atom. The van der Waals surface area contributed by atoms with Gasteiger partial charge in [-0.2, -0.15) is 0 Å². The first-order chi connectivity index (χ1) is 8.66. The third-order valence-electron chi connectivity index (χ3n) is 3.88. The van der Waals surface area contributed by atoms with Gasteiger partial charge in [-0.15, -0.1) is 0 Å². The molecule has 4 atom stereocenters. The molecule has 0 spiro atoms. The summed E-state index contributed by atoms with van der Waals surface area (Å²) >= 11 is 0. The fourth-order valence-corrected chi connectivity index (χ4v) is 2.30. The van der Waals surface area contributed by atoms with Crippen molar-refractivity contribution in [2.45, 2.75) is 32.0 Å². The topological polar surface area (TPSA) is 99.1 Å². The molecule has 0 bridgehead atoms. The zero-order valence-corrected chi connectivity index (χ0v) is 11.6. The number of esters is 3. The standard InChI is InChI=1S/C12H18O7/c1-6-7(2)12(16,10(15)18-5)11(3,9(14)17-4)19-8(6)13/h6-7,16H,1-5H3. The number of ether oxygens (including phenoxy) is 3. The van der Waals surface area contributed by atoms with Gasteiger partial charge >= 0.3 is 17.9 Å². The van der Waals surface area contributed by atoms with Crippen LogP contribution >= 0.6 is 0 Å². The molecule has 108 valence electrons. The molecule has 1 fully saturated rings. The molecule has 0 amide bonds. The first-order valence-electron chi connectivity index (χ1n) is 5.78. The number of carbonyl (C=O) groups is 3. The fraction of sp³-hybridized carbons (Fsp3) is 0.750. The van der Waals surface area contributed by atoms with Gasteiger partial charge in [0, 0.05) is 5.92 Å². The van der Waals surface area contributed by atoms with Crippen LogP contribution in [0.4, 0.5) is 0 Å². The van der Waals surface area contributed by atoms with Crippen LogP contribution < -0.4 is 0 Å². The van der Waals surface area contributed by atoms with Crippen LogP contribution in [0.25, 0.3) is 0 Å². The molecule has 1 aliphatic rings. The van der Waals surface area contributed by atoms with E-state index in [4.69, 9.17) is 4.74 Å². The van der Waals surface area contributed by atoms with Crippen molar-refractivity contribution in [1.82, 2.24) is 0 Å². The summed E-state index contributed by atoms with van der Waals surface area (Å²) in [6.07, 6.45) is 0. The van der Waals surface area contributed by atoms with Gasteiger partial charge in [0.25, 0.3) is 0 Å². The summed E-state index contributed by atoms with van der Waals surface area (Å²) < 4.78 is 14.1. The maximum Gasteiger partial charge on any atom is 0.353 e. The van der Waals surface area contributed by atoms with E-state index >= 15 is 0 Å². The minimum atomic E-state index is -2.30. The SMILES string of the molecule is COC(=O)C1(C)OC(=O)C(C)C(C)C1(O)C(=O)OC. The van der Waals surface area contributed by atoms with Crippen molar-refractivity contribution in [3.05, 3.63) is 0 Å². The zero-order valence-electron chi connectivity index (χ0n) is 11.6. The van der Waals surface area contributed by atoms with Crippen molar-refractivity contribution in [2.75, 3.05) is 14.2 Å². The Hall–Kier alpha value is -1.63. The molecule has 1 aliphatic heterocycles. The van der Waals surface area contributed by atoms with Gasteiger partial charge in [0.05, 0.1) is 20.1 Å². The minimum absolute atomic E-state index is 0.686. The second kappa shape index (κ2) is 4.80. The van der Waals surface area contributed by atoms with Gasteiger partial charge in [-0.3, -0.25) is 4.79 Å². The summed E-state index contributed by atoms with van der Waals surface area (Å²) in [5.74, 6) is -4.39. The van der Waals surface area contributed by atoms with Crippen LogP contribution in [-0.2, 0) is 28.6 Å². The molecule has 1 heterocycles. The number of rotatable bonds is 2. The van der Waals surface area contributed by atoms with E-state index in [1.54, 1.807) is 0 Å². The summed E-state index contributed by atoms with van der Waals surface area (Å²) in [6, 6.07) is 0. The highest BCUT2D eigenvalue weighted by Crippen LogP contribution is 2.43. The molecule has 0 aromatic rings. The Morgan fingerprint density at radius 1 is 1.21 bits per heavy atom. The highest BCUT2D eigenvalue weighted by Gasteiger charge is 2.69. The largest absolute Gasteiger partial charge is 0.467 e. The predicted molar refractivity (Wildman–Crippen MR) is 61.8 cm³/mol. The smallest absolute Gasteiger partial charge is 0.353 e. The third-order valence-corrected chi connectivity index (χ3v) is 3.88. The lowest BCUT2D eigenvalue weighted by Gasteiger charge is -2.48. The van der Waals surface area contributed by atoms with Crippen molar-refractivity contribution < 1.29 is 33.7 Å². The lowest BCUT2D eigenvalue weighted by Crippen LogP contribution is -2.72. The molecular formula is C12H18O7. The van der Waals surface area contributed by atoms with Crippen LogP contribution in [0, 0.1) is 11.8 Å². The monoisotopic (exact) mass is 274 g/mol. The average Bonchev–Trinajstić information content (AvgIpc) is 2.40. The Labute approximate surface area is 110 Å². The molecule has 7 nitrogen and oxygen atoms in total. The van der Waals surface area contributed by atoms with E-state index in [0.717, 1.165) is 21.1 Å². The summed E-state index contributed by atoms with van der Waals surface area (Å²) in [5.41, 5.74) is -4.44. The van der Waals surface area contributed by atoms with Crippen molar-refractivity contribution in [3.63, 3.8) is 0 Å². The van der Waals surface area contributed by atoms with Crippen molar-refractivity contribution in [2.24, 2.45) is 11.8 Å². The molecule has 0 radical (unpaired) electrons. The van der Waals surface area contributed by atoms with Crippen LogP contribution in [0.3, 0.4) is 0 Å². The van der Waals surface area contributed by atoms with Crippen molar-refractivity contribution in [1.29, 1.82) is 0 Å². The number of methoxy groups -OCH3 is 2. The number of hydrogen-bond acceptors (Lipinski definition) is 7. The highest BCUT2D eigenvalue weighted by atomic mass is 16.6. The summed E-state index contributed by atoms with van der Waals surface area (Å²) in [7, 11) is 2.15. The Balaban J connectivity index is 3.44. The molecule has 0 aromatic heterocycles. The van der Waals surface area contributed by atoms with Crippen LogP contribution in [0.5, 0.6) is 0 Å². The number of carbonyl (C=O) groups excluding carboxylic acids is 3. The number of aliphatic hydroxyl groups is 1. The van der Waals surface area contributed by atoms with E-state index < -0.39 is 40.9 Å². The summed E-state index contributed by atoms with van der Waals surface area (Å²) in [5, 5.41) is 10.7. The lowest BCUT2D eigenvalue weighted by atomic mass is 9.68. The molecule has 0 aliphatic carbocycles. The van der Waals surface area contributed by atoms with Crippen LogP contribution in [-0.4, -0.2) is 48.4 Å². The average molecular weight is 274 g/mol. The maximum atomic E-state index is 11.9. The van der Waals surface area contributed by atoms with Gasteiger partial charge in [-0.05, 0) is 6.92 Å². The predicted octanol–water partition coefficient (Wildman–Crippen LogP) is -0.349. The Kier molecular flexibility index (Phi) is 3.90. The van der Waals surface area contributed by atoms with E-state index in [1.165, 1.54) is 13.8 Å². The normalized spacial score (nSPS) is 38.3. The lowest BCUT2D eigenvalue weighted by molar-refractivity contribution is -0.248. The first kappa shape index (κ1) is 15.4. The van der Waals surface area contributed by atoms with Crippen LogP contribution in [0.2, 0.25) is 0 Å². The van der Waals surface area contributed by atoms with E-state index in [-0.39, 0.29) is 0 Å².